The molecule has 0 atom stereocenters. The fourth-order valence-corrected chi connectivity index (χ4v) is 2.03. The van der Waals surface area contributed by atoms with Crippen LogP contribution in [0.15, 0.2) is 48.5 Å². The van der Waals surface area contributed by atoms with Crippen molar-refractivity contribution in [2.24, 2.45) is 11.5 Å². The van der Waals surface area contributed by atoms with Crippen LogP contribution in [0.3, 0.4) is 0 Å². The van der Waals surface area contributed by atoms with Gasteiger partial charge in [0.1, 0.15) is 34.2 Å². The van der Waals surface area contributed by atoms with E-state index in [9.17, 15) is 0 Å². The smallest absolute Gasteiger partial charge is 0.526 e. The van der Waals surface area contributed by atoms with Crippen molar-refractivity contribution in [2.75, 3.05) is 13.1 Å². The maximum Gasteiger partial charge on any atom is 0.658 e. The molecule has 1 radical (unpaired) electrons. The van der Waals surface area contributed by atoms with Crippen molar-refractivity contribution in [2.45, 2.75) is 38.9 Å². The fraction of sp³-hybridized carbons (Fsp3) is 0.400. The van der Waals surface area contributed by atoms with Gasteiger partial charge in [-0.1, -0.05) is 0 Å². The van der Waals surface area contributed by atoms with Crippen LogP contribution in [-0.2, 0) is 0 Å². The van der Waals surface area contributed by atoms with Gasteiger partial charge < -0.3 is 30.2 Å². The maximum atomic E-state index is 5.79. The molecule has 2 aromatic rings. The highest BCUT2D eigenvalue weighted by molar-refractivity contribution is 6.20. The molecule has 0 aliphatic rings. The van der Waals surface area contributed by atoms with Gasteiger partial charge in [-0.05, 0) is 76.2 Å². The average molecular weight is 371 g/mol. The van der Waals surface area contributed by atoms with Gasteiger partial charge in [-0.2, -0.15) is 0 Å². The summed E-state index contributed by atoms with van der Waals surface area (Å²) in [7, 11) is 1.28. The summed E-state index contributed by atoms with van der Waals surface area (Å²) in [6.45, 7) is 8.61. The van der Waals surface area contributed by atoms with Gasteiger partial charge >= 0.3 is 7.69 Å². The Hall–Kier alpha value is -2.38. The number of hydrogen-bond donors (Lipinski definition) is 2. The molecule has 0 amide bonds. The van der Waals surface area contributed by atoms with Crippen LogP contribution in [0.5, 0.6) is 23.0 Å². The molecule has 0 spiro atoms. The molecule has 2 rings (SSSR count). The topological polar surface area (TPSA) is 89.0 Å². The highest BCUT2D eigenvalue weighted by Crippen LogP contribution is 2.23. The van der Waals surface area contributed by atoms with Crippen molar-refractivity contribution in [3.63, 3.8) is 0 Å². The highest BCUT2D eigenvalue weighted by Gasteiger charge is 2.18. The van der Waals surface area contributed by atoms with Crippen LogP contribution in [0.25, 0.3) is 0 Å². The lowest BCUT2D eigenvalue weighted by atomic mass is 10.1. The van der Waals surface area contributed by atoms with Gasteiger partial charge in [-0.25, -0.2) is 0 Å². The largest absolute Gasteiger partial charge is 0.658 e. The molecule has 6 nitrogen and oxygen atoms in total. The van der Waals surface area contributed by atoms with E-state index >= 15 is 0 Å². The minimum absolute atomic E-state index is 0.410. The monoisotopic (exact) mass is 371 g/mol. The molecule has 0 saturated heterocycles. The second-order valence-corrected chi connectivity index (χ2v) is 7.41. The summed E-state index contributed by atoms with van der Waals surface area (Å²) < 4.78 is 22.5. The molecule has 145 valence electrons. The van der Waals surface area contributed by atoms with E-state index in [0.29, 0.717) is 24.6 Å². The van der Waals surface area contributed by atoms with Crippen LogP contribution in [0, 0.1) is 0 Å². The molecule has 4 N–H and O–H groups in total. The first kappa shape index (κ1) is 20.9. The van der Waals surface area contributed by atoms with Gasteiger partial charge in [0.05, 0.1) is 0 Å². The van der Waals surface area contributed by atoms with Gasteiger partial charge in [0.15, 0.2) is 0 Å². The molecule has 0 unspecified atom stereocenters. The van der Waals surface area contributed by atoms with Gasteiger partial charge in [0, 0.05) is 13.1 Å². The first-order chi connectivity index (χ1) is 12.7. The second-order valence-electron chi connectivity index (χ2n) is 7.41. The van der Waals surface area contributed by atoms with E-state index in [1.165, 1.54) is 7.69 Å². The molecule has 0 aliphatic carbocycles. The summed E-state index contributed by atoms with van der Waals surface area (Å²) in [5.74, 6) is 2.74. The van der Waals surface area contributed by atoms with Crippen LogP contribution in [0.2, 0.25) is 0 Å². The Bertz CT molecular complexity index is 641. The van der Waals surface area contributed by atoms with Gasteiger partial charge in [-0.15, -0.1) is 0 Å². The fourth-order valence-electron chi connectivity index (χ4n) is 2.03. The molecule has 27 heavy (non-hydrogen) atoms. The average Bonchev–Trinajstić information content (AvgIpc) is 2.64. The Morgan fingerprint density at radius 2 is 0.926 bits per heavy atom. The van der Waals surface area contributed by atoms with E-state index in [1.807, 2.05) is 52.0 Å². The van der Waals surface area contributed by atoms with E-state index in [0.717, 1.165) is 11.5 Å². The van der Waals surface area contributed by atoms with E-state index < -0.39 is 11.2 Å². The number of hydrogen-bond acceptors (Lipinski definition) is 6. The number of benzene rings is 2. The van der Waals surface area contributed by atoms with E-state index in [4.69, 9.17) is 30.2 Å². The highest BCUT2D eigenvalue weighted by atomic mass is 16.6. The zero-order valence-corrected chi connectivity index (χ0v) is 16.4. The number of nitrogens with two attached hydrogens (primary N) is 2. The van der Waals surface area contributed by atoms with Gasteiger partial charge in [0.25, 0.3) is 0 Å². The number of rotatable bonds is 10. The van der Waals surface area contributed by atoms with Crippen LogP contribution in [-0.4, -0.2) is 32.0 Å². The molecule has 0 bridgehead atoms. The van der Waals surface area contributed by atoms with E-state index in [1.54, 1.807) is 24.3 Å². The van der Waals surface area contributed by atoms with Crippen LogP contribution in [0.1, 0.15) is 27.7 Å². The molecule has 0 fully saturated rings. The van der Waals surface area contributed by atoms with Crippen LogP contribution in [0.4, 0.5) is 0 Å². The summed E-state index contributed by atoms with van der Waals surface area (Å²) in [4.78, 5) is 0. The lowest BCUT2D eigenvalue weighted by molar-refractivity contribution is 0.118. The zero-order chi connectivity index (χ0) is 19.9. The molecule has 0 heterocycles. The molecular formula is C20H28BN2O4. The quantitative estimate of drug-likeness (QED) is 0.625. The second kappa shape index (κ2) is 9.02. The first-order valence-corrected chi connectivity index (χ1v) is 8.86. The Morgan fingerprint density at radius 1 is 0.630 bits per heavy atom. The SMILES string of the molecule is CC(C)(CN)Oc1ccc(O[B]Oc2ccc(OC(C)(C)CN)cc2)cc1. The first-order valence-electron chi connectivity index (χ1n) is 8.86. The Kier molecular flexibility index (Phi) is 6.99. The van der Waals surface area contributed by atoms with Crippen molar-refractivity contribution in [3.8, 4) is 23.0 Å². The molecule has 0 saturated carbocycles. The predicted octanol–water partition coefficient (Wildman–Crippen LogP) is 2.91. The lowest BCUT2D eigenvalue weighted by Gasteiger charge is -2.24. The summed E-state index contributed by atoms with van der Waals surface area (Å²) in [5, 5.41) is 0. The molecule has 7 heteroatoms. The Morgan fingerprint density at radius 3 is 1.22 bits per heavy atom. The third kappa shape index (κ3) is 7.04. The van der Waals surface area contributed by atoms with Crippen molar-refractivity contribution in [3.05, 3.63) is 48.5 Å². The van der Waals surface area contributed by atoms with Crippen molar-refractivity contribution >= 4 is 7.69 Å². The van der Waals surface area contributed by atoms with E-state index in [-0.39, 0.29) is 0 Å². The third-order valence-electron chi connectivity index (χ3n) is 3.79. The molecule has 0 aliphatic heterocycles. The maximum absolute atomic E-state index is 5.79. The minimum Gasteiger partial charge on any atom is -0.526 e. The minimum atomic E-state index is -0.410. The Balaban J connectivity index is 1.80. The van der Waals surface area contributed by atoms with Crippen molar-refractivity contribution < 1.29 is 18.8 Å². The summed E-state index contributed by atoms with van der Waals surface area (Å²) in [6, 6.07) is 14.5. The summed E-state index contributed by atoms with van der Waals surface area (Å²) in [6.07, 6.45) is 0. The molecule has 0 aromatic heterocycles. The number of ether oxygens (including phenoxy) is 2. The normalized spacial score (nSPS) is 11.6. The van der Waals surface area contributed by atoms with Crippen LogP contribution < -0.4 is 30.2 Å². The summed E-state index contributed by atoms with van der Waals surface area (Å²) in [5.41, 5.74) is 10.5. The lowest BCUT2D eigenvalue weighted by Crippen LogP contribution is -2.37. The molecular weight excluding hydrogens is 343 g/mol. The van der Waals surface area contributed by atoms with Crippen molar-refractivity contribution in [1.82, 2.24) is 0 Å². The van der Waals surface area contributed by atoms with Gasteiger partial charge in [-0.3, -0.25) is 0 Å². The standard InChI is InChI=1S/C20H28BN2O4/c1-19(2,13-22)24-15-5-9-17(10-6-15)26-21-27-18-11-7-16(8-12-18)25-20(3,4)14-23/h5-12H,13-14,22-23H2,1-4H3. The molecule has 2 aromatic carbocycles. The van der Waals surface area contributed by atoms with Crippen molar-refractivity contribution in [1.29, 1.82) is 0 Å². The van der Waals surface area contributed by atoms with Gasteiger partial charge in [0.2, 0.25) is 0 Å². The summed E-state index contributed by atoms with van der Waals surface area (Å²) >= 11 is 0. The third-order valence-corrected chi connectivity index (χ3v) is 3.79. The predicted molar refractivity (Wildman–Crippen MR) is 107 cm³/mol. The van der Waals surface area contributed by atoms with Crippen LogP contribution >= 0.6 is 0 Å². The Labute approximate surface area is 162 Å². The zero-order valence-electron chi connectivity index (χ0n) is 16.4. The van der Waals surface area contributed by atoms with E-state index in [2.05, 4.69) is 0 Å².